The summed E-state index contributed by atoms with van der Waals surface area (Å²) in [4.78, 5) is 51.5. The molecule has 16 heavy (non-hydrogen) atoms. The van der Waals surface area contributed by atoms with Crippen LogP contribution in [-0.2, 0) is 19.4 Å². The van der Waals surface area contributed by atoms with E-state index < -0.39 is 36.5 Å². The van der Waals surface area contributed by atoms with Gasteiger partial charge in [0.25, 0.3) is 5.91 Å². The van der Waals surface area contributed by atoms with E-state index in [2.05, 4.69) is 9.78 Å². The minimum Gasteiger partial charge on any atom is -0.383 e. The lowest BCUT2D eigenvalue weighted by Crippen LogP contribution is -2.39. The molecule has 0 saturated carbocycles. The molecule has 0 bridgehead atoms. The van der Waals surface area contributed by atoms with Gasteiger partial charge in [-0.3, -0.25) is 9.59 Å². The highest BCUT2D eigenvalue weighted by Gasteiger charge is 2.43. The Morgan fingerprint density at radius 1 is 1.44 bits per heavy atom. The monoisotopic (exact) mass is 232 g/mol. The Hall–Kier alpha value is -2.16. The van der Waals surface area contributed by atoms with Crippen molar-refractivity contribution in [1.82, 2.24) is 10.2 Å². The predicted octanol–water partition coefficient (Wildman–Crippen LogP) is -1.49. The smallest absolute Gasteiger partial charge is 0.383 e. The lowest BCUT2D eigenvalue weighted by Gasteiger charge is -2.09. The summed E-state index contributed by atoms with van der Waals surface area (Å²) in [5, 5.41) is 10.9. The third kappa shape index (κ3) is 2.25. The quantitative estimate of drug-likeness (QED) is 0.296. The van der Waals surface area contributed by atoms with Crippen LogP contribution in [0.4, 0.5) is 9.59 Å². The molecule has 1 aliphatic heterocycles. The van der Waals surface area contributed by atoms with Crippen LogP contribution in [0, 0.1) is 0 Å². The maximum atomic E-state index is 11.1. The van der Waals surface area contributed by atoms with Gasteiger partial charge in [-0.2, -0.15) is 4.90 Å². The van der Waals surface area contributed by atoms with E-state index in [1.54, 1.807) is 0 Å². The Kier molecular flexibility index (Phi) is 3.40. The molecule has 4 amide bonds. The van der Waals surface area contributed by atoms with Crippen molar-refractivity contribution >= 4 is 24.0 Å². The van der Waals surface area contributed by atoms with Crippen molar-refractivity contribution in [2.75, 3.05) is 7.05 Å². The van der Waals surface area contributed by atoms with Crippen LogP contribution in [-0.4, -0.2) is 47.2 Å². The predicted molar refractivity (Wildman–Crippen MR) is 44.5 cm³/mol. The van der Waals surface area contributed by atoms with Crippen LogP contribution in [0.2, 0.25) is 0 Å². The molecule has 88 valence electrons. The Morgan fingerprint density at radius 3 is 2.50 bits per heavy atom. The molecule has 9 nitrogen and oxygen atoms in total. The summed E-state index contributed by atoms with van der Waals surface area (Å²) in [5.41, 5.74) is 0. The Balaban J connectivity index is 2.57. The van der Waals surface area contributed by atoms with Crippen molar-refractivity contribution in [2.45, 2.75) is 12.5 Å². The number of rotatable bonds is 0. The van der Waals surface area contributed by atoms with Crippen molar-refractivity contribution in [3.05, 3.63) is 0 Å². The third-order valence-corrected chi connectivity index (χ3v) is 1.70. The Morgan fingerprint density at radius 2 is 2.06 bits per heavy atom. The average Bonchev–Trinajstić information content (AvgIpc) is 2.49. The highest BCUT2D eigenvalue weighted by Crippen LogP contribution is 2.13. The largest absolute Gasteiger partial charge is 0.466 e. The van der Waals surface area contributed by atoms with Gasteiger partial charge in [0, 0.05) is 7.05 Å². The van der Waals surface area contributed by atoms with E-state index >= 15 is 0 Å². The van der Waals surface area contributed by atoms with Crippen LogP contribution in [0.5, 0.6) is 0 Å². The first-order valence-electron chi connectivity index (χ1n) is 4.12. The zero-order valence-electron chi connectivity index (χ0n) is 8.13. The summed E-state index contributed by atoms with van der Waals surface area (Å²) >= 11 is 0. The van der Waals surface area contributed by atoms with Crippen molar-refractivity contribution < 1.29 is 34.1 Å². The van der Waals surface area contributed by atoms with Gasteiger partial charge >= 0.3 is 12.2 Å². The fourth-order valence-corrected chi connectivity index (χ4v) is 0.960. The third-order valence-electron chi connectivity index (χ3n) is 1.70. The van der Waals surface area contributed by atoms with Gasteiger partial charge in [0.15, 0.2) is 0 Å². The first kappa shape index (κ1) is 11.9. The van der Waals surface area contributed by atoms with E-state index in [1.807, 2.05) is 5.32 Å². The number of nitrogens with one attached hydrogen (secondary N) is 1. The summed E-state index contributed by atoms with van der Waals surface area (Å²) in [6.07, 6.45) is -4.63. The van der Waals surface area contributed by atoms with Gasteiger partial charge in [0.05, 0.1) is 6.42 Å². The second kappa shape index (κ2) is 4.57. The van der Waals surface area contributed by atoms with Crippen molar-refractivity contribution in [3.8, 4) is 0 Å². The van der Waals surface area contributed by atoms with Gasteiger partial charge in [-0.15, -0.1) is 0 Å². The first-order chi connectivity index (χ1) is 7.47. The topological polar surface area (TPSA) is 122 Å². The highest BCUT2D eigenvalue weighted by molar-refractivity contribution is 6.15. The number of aliphatic hydroxyl groups excluding tert-OH is 1. The molecule has 1 heterocycles. The van der Waals surface area contributed by atoms with Gasteiger partial charge in [-0.1, -0.05) is 0 Å². The molecule has 1 unspecified atom stereocenters. The fraction of sp³-hybridized carbons (Fsp3) is 0.429. The van der Waals surface area contributed by atoms with Gasteiger partial charge in [0.2, 0.25) is 5.91 Å². The molecule has 1 fully saturated rings. The van der Waals surface area contributed by atoms with E-state index in [1.165, 1.54) is 7.05 Å². The van der Waals surface area contributed by atoms with Gasteiger partial charge in [0.1, 0.15) is 6.10 Å². The summed E-state index contributed by atoms with van der Waals surface area (Å²) in [6, 6.07) is 0. The lowest BCUT2D eigenvalue weighted by molar-refractivity contribution is -0.189. The minimum absolute atomic E-state index is 0.0631. The molecule has 1 saturated heterocycles. The number of hydrogen-bond donors (Lipinski definition) is 2. The summed E-state index contributed by atoms with van der Waals surface area (Å²) in [7, 11) is 1.21. The van der Waals surface area contributed by atoms with Crippen LogP contribution < -0.4 is 5.32 Å². The number of nitrogens with zero attached hydrogens (tertiary/aromatic N) is 1. The molecule has 9 heteroatoms. The number of carbonyl (C=O) groups is 4. The van der Waals surface area contributed by atoms with Crippen LogP contribution in [0.25, 0.3) is 0 Å². The summed E-state index contributed by atoms with van der Waals surface area (Å²) in [6.45, 7) is 0. The minimum atomic E-state index is -1.57. The second-order valence-electron chi connectivity index (χ2n) is 2.76. The van der Waals surface area contributed by atoms with E-state index in [-0.39, 0.29) is 4.90 Å². The van der Waals surface area contributed by atoms with Crippen LogP contribution >= 0.6 is 0 Å². The molecule has 0 aromatic rings. The van der Waals surface area contributed by atoms with Crippen molar-refractivity contribution in [3.63, 3.8) is 0 Å². The molecule has 1 atom stereocenters. The van der Waals surface area contributed by atoms with E-state index in [4.69, 9.17) is 5.11 Å². The normalized spacial score (nSPS) is 19.6. The molecular weight excluding hydrogens is 224 g/mol. The molecule has 2 N–H and O–H groups in total. The highest BCUT2D eigenvalue weighted by atomic mass is 17.2. The second-order valence-corrected chi connectivity index (χ2v) is 2.76. The molecule has 0 aromatic carbocycles. The van der Waals surface area contributed by atoms with Crippen molar-refractivity contribution in [2.24, 2.45) is 0 Å². The molecule has 0 aliphatic carbocycles. The van der Waals surface area contributed by atoms with Crippen LogP contribution in [0.1, 0.15) is 6.42 Å². The number of amides is 4. The zero-order valence-corrected chi connectivity index (χ0v) is 8.13. The van der Waals surface area contributed by atoms with Gasteiger partial charge in [-0.25, -0.2) is 19.4 Å². The molecule has 0 aromatic heterocycles. The summed E-state index contributed by atoms with van der Waals surface area (Å²) < 4.78 is 0. The van der Waals surface area contributed by atoms with E-state index in [9.17, 15) is 19.2 Å². The molecule has 0 radical (unpaired) electrons. The zero-order chi connectivity index (χ0) is 12.3. The number of hydrogen-bond acceptors (Lipinski definition) is 7. The fourth-order valence-electron chi connectivity index (χ4n) is 0.960. The first-order valence-corrected chi connectivity index (χ1v) is 4.12. The number of likely N-dealkylation sites (tertiary alicyclic amines) is 1. The maximum Gasteiger partial charge on any atom is 0.466 e. The molecular formula is C7H8N2O7. The number of carbonyl (C=O) groups excluding carboxylic acids is 4. The number of imide groups is 3. The molecule has 1 rings (SSSR count). The summed E-state index contributed by atoms with van der Waals surface area (Å²) in [5.74, 6) is -2.04. The van der Waals surface area contributed by atoms with Gasteiger partial charge in [-0.05, 0) is 0 Å². The van der Waals surface area contributed by atoms with E-state index in [0.717, 1.165) is 0 Å². The lowest BCUT2D eigenvalue weighted by atomic mass is 10.3. The van der Waals surface area contributed by atoms with Gasteiger partial charge < -0.3 is 10.4 Å². The molecule has 0 spiro atoms. The number of aliphatic hydroxyl groups is 1. The Labute approximate surface area is 88.8 Å². The van der Waals surface area contributed by atoms with E-state index in [0.29, 0.717) is 0 Å². The van der Waals surface area contributed by atoms with Crippen LogP contribution in [0.3, 0.4) is 0 Å². The van der Waals surface area contributed by atoms with Crippen LogP contribution in [0.15, 0.2) is 0 Å². The maximum absolute atomic E-state index is 11.1. The Bertz CT molecular complexity index is 353. The SMILES string of the molecule is CNC(=O)OOC(=O)N1C(=O)CC(O)C1=O. The average molecular weight is 232 g/mol. The standard InChI is InChI=1S/C7H8N2O7/c1-8-6(13)15-16-7(14)9-4(11)2-3(10)5(9)12/h3,10H,2H2,1H3,(H,8,13). The van der Waals surface area contributed by atoms with Crippen molar-refractivity contribution in [1.29, 1.82) is 0 Å². The molecule has 1 aliphatic rings.